The fourth-order valence-corrected chi connectivity index (χ4v) is 1.96. The van der Waals surface area contributed by atoms with Crippen molar-refractivity contribution in [3.05, 3.63) is 66.7 Å². The Bertz CT molecular complexity index is 662. The first-order valence-electron chi connectivity index (χ1n) is 5.43. The molecule has 2 heteroatoms. The third-order valence-electron chi connectivity index (χ3n) is 2.81. The molecule has 0 spiro atoms. The van der Waals surface area contributed by atoms with Crippen molar-refractivity contribution in [1.29, 1.82) is 0 Å². The molecule has 17 heavy (non-hydrogen) atoms. The zero-order valence-electron chi connectivity index (χ0n) is 9.10. The zero-order valence-corrected chi connectivity index (χ0v) is 9.10. The Balaban J connectivity index is 2.26. The molecule has 1 aromatic heterocycles. The van der Waals surface area contributed by atoms with Crippen LogP contribution < -0.4 is 0 Å². The summed E-state index contributed by atoms with van der Waals surface area (Å²) in [4.78, 5) is 4.05. The van der Waals surface area contributed by atoms with E-state index in [4.69, 9.17) is 0 Å². The second-order valence-electron chi connectivity index (χ2n) is 3.92. The average Bonchev–Trinajstić information content (AvgIpc) is 2.40. The molecule has 0 N–H and O–H groups in total. The van der Waals surface area contributed by atoms with Gasteiger partial charge in [-0.05, 0) is 29.1 Å². The van der Waals surface area contributed by atoms with Crippen molar-refractivity contribution >= 4 is 10.8 Å². The van der Waals surface area contributed by atoms with E-state index in [-0.39, 0.29) is 5.82 Å². The Labute approximate surface area is 98.6 Å². The van der Waals surface area contributed by atoms with E-state index in [1.165, 1.54) is 0 Å². The lowest BCUT2D eigenvalue weighted by Gasteiger charge is -2.05. The van der Waals surface area contributed by atoms with Crippen LogP contribution in [0.25, 0.3) is 21.9 Å². The molecule has 0 radical (unpaired) electrons. The van der Waals surface area contributed by atoms with Crippen molar-refractivity contribution < 1.29 is 4.39 Å². The van der Waals surface area contributed by atoms with Crippen LogP contribution in [0.15, 0.2) is 60.9 Å². The third-order valence-corrected chi connectivity index (χ3v) is 2.81. The molecule has 0 atom stereocenters. The summed E-state index contributed by atoms with van der Waals surface area (Å²) < 4.78 is 13.9. The van der Waals surface area contributed by atoms with Crippen LogP contribution in [0.3, 0.4) is 0 Å². The molecule has 0 amide bonds. The predicted octanol–water partition coefficient (Wildman–Crippen LogP) is 4.04. The van der Waals surface area contributed by atoms with Crippen LogP contribution in [0.4, 0.5) is 4.39 Å². The van der Waals surface area contributed by atoms with E-state index >= 15 is 0 Å². The minimum absolute atomic E-state index is 0.193. The summed E-state index contributed by atoms with van der Waals surface area (Å²) in [5, 5.41) is 1.56. The van der Waals surface area contributed by atoms with Crippen LogP contribution in [0.5, 0.6) is 0 Å². The molecule has 1 heterocycles. The van der Waals surface area contributed by atoms with Gasteiger partial charge in [-0.15, -0.1) is 0 Å². The Hall–Kier alpha value is -2.22. The second-order valence-corrected chi connectivity index (χ2v) is 3.92. The largest absolute Gasteiger partial charge is 0.264 e. The van der Waals surface area contributed by atoms with Gasteiger partial charge in [0.1, 0.15) is 5.82 Å². The first-order valence-corrected chi connectivity index (χ1v) is 5.43. The van der Waals surface area contributed by atoms with E-state index < -0.39 is 0 Å². The number of benzene rings is 2. The van der Waals surface area contributed by atoms with Gasteiger partial charge < -0.3 is 0 Å². The summed E-state index contributed by atoms with van der Waals surface area (Å²) in [6, 6.07) is 14.8. The molecular formula is C15H10FN. The molecule has 0 saturated carbocycles. The minimum Gasteiger partial charge on any atom is -0.264 e. The maximum Gasteiger partial charge on any atom is 0.131 e. The molecule has 0 fully saturated rings. The van der Waals surface area contributed by atoms with Gasteiger partial charge in [-0.25, -0.2) is 4.39 Å². The lowest BCUT2D eigenvalue weighted by molar-refractivity contribution is 0.640. The molecule has 0 aliphatic heterocycles. The topological polar surface area (TPSA) is 12.9 Å². The highest BCUT2D eigenvalue weighted by atomic mass is 19.1. The molecular weight excluding hydrogens is 213 g/mol. The fourth-order valence-electron chi connectivity index (χ4n) is 1.96. The van der Waals surface area contributed by atoms with Gasteiger partial charge in [0, 0.05) is 23.3 Å². The molecule has 0 unspecified atom stereocenters. The van der Waals surface area contributed by atoms with Gasteiger partial charge in [0.05, 0.1) is 0 Å². The van der Waals surface area contributed by atoms with Crippen LogP contribution in [0.1, 0.15) is 0 Å². The van der Waals surface area contributed by atoms with Gasteiger partial charge in [0.2, 0.25) is 0 Å². The Morgan fingerprint density at radius 1 is 0.882 bits per heavy atom. The first kappa shape index (κ1) is 9.97. The minimum atomic E-state index is -0.193. The molecule has 3 aromatic rings. The molecule has 3 rings (SSSR count). The van der Waals surface area contributed by atoms with E-state index in [0.717, 1.165) is 16.5 Å². The number of fused-ring (bicyclic) bond motifs is 1. The van der Waals surface area contributed by atoms with E-state index in [2.05, 4.69) is 4.98 Å². The molecule has 1 nitrogen and oxygen atoms in total. The maximum absolute atomic E-state index is 13.9. The summed E-state index contributed by atoms with van der Waals surface area (Å²) in [5.41, 5.74) is 1.78. The Morgan fingerprint density at radius 2 is 1.76 bits per heavy atom. The normalized spacial score (nSPS) is 10.6. The highest BCUT2D eigenvalue weighted by molar-refractivity contribution is 5.87. The number of hydrogen-bond donors (Lipinski definition) is 0. The molecule has 82 valence electrons. The van der Waals surface area contributed by atoms with Crippen molar-refractivity contribution in [3.8, 4) is 11.1 Å². The van der Waals surface area contributed by atoms with E-state index in [1.54, 1.807) is 24.5 Å². The van der Waals surface area contributed by atoms with E-state index in [0.29, 0.717) is 5.39 Å². The monoisotopic (exact) mass is 223 g/mol. The fraction of sp³-hybridized carbons (Fsp3) is 0. The third kappa shape index (κ3) is 1.78. The van der Waals surface area contributed by atoms with Crippen molar-refractivity contribution in [2.75, 3.05) is 0 Å². The van der Waals surface area contributed by atoms with Crippen LogP contribution in [-0.2, 0) is 0 Å². The molecule has 2 aromatic carbocycles. The molecule has 0 aliphatic carbocycles. The van der Waals surface area contributed by atoms with Crippen LogP contribution in [-0.4, -0.2) is 4.98 Å². The Morgan fingerprint density at radius 3 is 2.59 bits per heavy atom. The quantitative estimate of drug-likeness (QED) is 0.606. The summed E-state index contributed by atoms with van der Waals surface area (Å²) >= 11 is 0. The molecule has 0 bridgehead atoms. The number of halogens is 1. The summed E-state index contributed by atoms with van der Waals surface area (Å²) in [5.74, 6) is -0.193. The molecule has 0 aliphatic rings. The number of hydrogen-bond acceptors (Lipinski definition) is 1. The smallest absolute Gasteiger partial charge is 0.131 e. The first-order chi connectivity index (χ1) is 8.34. The molecule has 0 saturated heterocycles. The predicted molar refractivity (Wildman–Crippen MR) is 67.1 cm³/mol. The average molecular weight is 223 g/mol. The summed E-state index contributed by atoms with van der Waals surface area (Å²) in [7, 11) is 0. The Kier molecular flexibility index (Phi) is 2.33. The zero-order chi connectivity index (χ0) is 11.7. The number of nitrogens with zero attached hydrogens (tertiary/aromatic N) is 1. The van der Waals surface area contributed by atoms with Crippen LogP contribution >= 0.6 is 0 Å². The van der Waals surface area contributed by atoms with E-state index in [9.17, 15) is 4.39 Å². The van der Waals surface area contributed by atoms with E-state index in [1.807, 2.05) is 36.4 Å². The van der Waals surface area contributed by atoms with Gasteiger partial charge in [-0.1, -0.05) is 30.3 Å². The number of aromatic nitrogens is 1. The number of pyridine rings is 1. The van der Waals surface area contributed by atoms with Gasteiger partial charge in [-0.3, -0.25) is 4.98 Å². The van der Waals surface area contributed by atoms with Crippen molar-refractivity contribution in [2.45, 2.75) is 0 Å². The number of rotatable bonds is 1. The highest BCUT2D eigenvalue weighted by Gasteiger charge is 2.04. The van der Waals surface area contributed by atoms with Gasteiger partial charge in [-0.2, -0.15) is 0 Å². The van der Waals surface area contributed by atoms with Gasteiger partial charge >= 0.3 is 0 Å². The second kappa shape index (κ2) is 3.98. The summed E-state index contributed by atoms with van der Waals surface area (Å²) in [6.45, 7) is 0. The SMILES string of the molecule is Fc1cc(-c2cccnc2)cc2ccccc12. The summed E-state index contributed by atoms with van der Waals surface area (Å²) in [6.07, 6.45) is 3.45. The van der Waals surface area contributed by atoms with Crippen LogP contribution in [0.2, 0.25) is 0 Å². The maximum atomic E-state index is 13.9. The van der Waals surface area contributed by atoms with Crippen LogP contribution in [0, 0.1) is 5.82 Å². The van der Waals surface area contributed by atoms with Gasteiger partial charge in [0.25, 0.3) is 0 Å². The highest BCUT2D eigenvalue weighted by Crippen LogP contribution is 2.26. The van der Waals surface area contributed by atoms with Crippen molar-refractivity contribution in [3.63, 3.8) is 0 Å². The van der Waals surface area contributed by atoms with Crippen molar-refractivity contribution in [1.82, 2.24) is 4.98 Å². The standard InChI is InChI=1S/C15H10FN/c16-15-9-13(12-5-3-7-17-10-12)8-11-4-1-2-6-14(11)15/h1-10H. The lowest BCUT2D eigenvalue weighted by atomic mass is 10.0. The lowest BCUT2D eigenvalue weighted by Crippen LogP contribution is -1.84. The van der Waals surface area contributed by atoms with Crippen molar-refractivity contribution in [2.24, 2.45) is 0 Å². The van der Waals surface area contributed by atoms with Gasteiger partial charge in [0.15, 0.2) is 0 Å².